The van der Waals surface area contributed by atoms with Gasteiger partial charge in [0.15, 0.2) is 0 Å². The predicted molar refractivity (Wildman–Crippen MR) is 87.7 cm³/mol. The summed E-state index contributed by atoms with van der Waals surface area (Å²) in [6.07, 6.45) is 12.1. The number of fused-ring (bicyclic) bond motifs is 5. The largest absolute Gasteiger partial charge is 0.393 e. The molecule has 22 heavy (non-hydrogen) atoms. The predicted octanol–water partition coefficient (Wildman–Crippen LogP) is 3.10. The Labute approximate surface area is 134 Å². The Morgan fingerprint density at radius 1 is 1.05 bits per heavy atom. The van der Waals surface area contributed by atoms with Crippen LogP contribution in [0.1, 0.15) is 58.8 Å². The molecule has 0 aliphatic heterocycles. The number of nitrogens with one attached hydrogen (secondary N) is 1. The van der Waals surface area contributed by atoms with Crippen molar-refractivity contribution in [1.29, 1.82) is 0 Å². The molecule has 0 aromatic carbocycles. The van der Waals surface area contributed by atoms with Crippen LogP contribution in [-0.4, -0.2) is 16.9 Å². The first-order chi connectivity index (χ1) is 10.3. The summed E-state index contributed by atoms with van der Waals surface area (Å²) in [4.78, 5) is 0. The number of allylic oxidation sites excluding steroid dienone is 1. The first kappa shape index (κ1) is 15.2. The molecule has 0 aromatic heterocycles. The standard InChI is InChI=1S/C19H31N2O/c1-17-9-10-19(20,21)11-12(17)3-4-13-14-5-6-16(22)18(14,2)8-7-15(13)17/h9-10,12-16,20,22H,3-8,11,21H2,1-2H3/t12-,13?,14?,15?,16+,17+,18+,19+/m1/s1. The van der Waals surface area contributed by atoms with Crippen LogP contribution in [-0.2, 0) is 0 Å². The number of rotatable bonds is 0. The highest BCUT2D eigenvalue weighted by Crippen LogP contribution is 2.65. The zero-order chi connectivity index (χ0) is 15.8. The summed E-state index contributed by atoms with van der Waals surface area (Å²) < 4.78 is 0. The van der Waals surface area contributed by atoms with E-state index in [1.807, 2.05) is 6.08 Å². The van der Waals surface area contributed by atoms with Gasteiger partial charge in [-0.05, 0) is 79.4 Å². The van der Waals surface area contributed by atoms with Gasteiger partial charge in [-0.3, -0.25) is 0 Å². The topological polar surface area (TPSA) is 70.0 Å². The maximum Gasteiger partial charge on any atom is 0.0984 e. The number of aliphatic hydroxyl groups is 1. The molecule has 3 nitrogen and oxygen atoms in total. The lowest BCUT2D eigenvalue weighted by molar-refractivity contribution is -0.0975. The molecule has 0 spiro atoms. The van der Waals surface area contributed by atoms with Gasteiger partial charge in [-0.25, -0.2) is 5.73 Å². The van der Waals surface area contributed by atoms with E-state index in [1.54, 1.807) is 0 Å². The van der Waals surface area contributed by atoms with Crippen LogP contribution in [0.4, 0.5) is 0 Å². The Balaban J connectivity index is 1.67. The molecule has 3 saturated carbocycles. The molecule has 4 rings (SSSR count). The summed E-state index contributed by atoms with van der Waals surface area (Å²) >= 11 is 0. The van der Waals surface area contributed by atoms with E-state index in [9.17, 15) is 5.11 Å². The maximum atomic E-state index is 10.5. The van der Waals surface area contributed by atoms with Crippen LogP contribution in [0.15, 0.2) is 12.2 Å². The molecule has 0 bridgehead atoms. The first-order valence-corrected chi connectivity index (χ1v) is 9.19. The van der Waals surface area contributed by atoms with Gasteiger partial charge in [0.2, 0.25) is 0 Å². The molecule has 0 amide bonds. The molecule has 0 saturated heterocycles. The van der Waals surface area contributed by atoms with E-state index >= 15 is 0 Å². The van der Waals surface area contributed by atoms with Crippen LogP contribution in [0.2, 0.25) is 0 Å². The third-order valence-electron chi connectivity index (χ3n) is 8.24. The smallest absolute Gasteiger partial charge is 0.0984 e. The van der Waals surface area contributed by atoms with E-state index in [4.69, 9.17) is 11.5 Å². The maximum absolute atomic E-state index is 10.5. The van der Waals surface area contributed by atoms with Crippen molar-refractivity contribution in [2.24, 2.45) is 40.2 Å². The lowest BCUT2D eigenvalue weighted by atomic mass is 9.46. The van der Waals surface area contributed by atoms with Crippen LogP contribution in [0.3, 0.4) is 0 Å². The average molecular weight is 303 g/mol. The molecule has 1 radical (unpaired) electrons. The molecule has 3 fully saturated rings. The normalized spacial score (nSPS) is 56.1. The Hall–Kier alpha value is -0.380. The summed E-state index contributed by atoms with van der Waals surface area (Å²) in [6.45, 7) is 4.76. The molecular weight excluding hydrogens is 272 g/mol. The molecule has 8 atom stereocenters. The van der Waals surface area contributed by atoms with Crippen LogP contribution < -0.4 is 11.5 Å². The zero-order valence-corrected chi connectivity index (χ0v) is 14.0. The minimum Gasteiger partial charge on any atom is -0.393 e. The monoisotopic (exact) mass is 303 g/mol. The van der Waals surface area contributed by atoms with Gasteiger partial charge in [0, 0.05) is 0 Å². The number of aliphatic hydroxyl groups excluding tert-OH is 1. The number of hydrogen-bond acceptors (Lipinski definition) is 2. The van der Waals surface area contributed by atoms with E-state index < -0.39 is 5.66 Å². The molecule has 0 aromatic rings. The van der Waals surface area contributed by atoms with E-state index in [1.165, 1.54) is 32.1 Å². The first-order valence-electron chi connectivity index (χ1n) is 9.19. The van der Waals surface area contributed by atoms with Gasteiger partial charge in [0.05, 0.1) is 11.8 Å². The Morgan fingerprint density at radius 3 is 2.59 bits per heavy atom. The summed E-state index contributed by atoms with van der Waals surface area (Å²) in [5.74, 6) is 2.75. The second-order valence-corrected chi connectivity index (χ2v) is 9.23. The fraction of sp³-hybridized carbons (Fsp3) is 0.895. The lowest BCUT2D eigenvalue weighted by Crippen LogP contribution is -2.56. The van der Waals surface area contributed by atoms with Gasteiger partial charge in [0.25, 0.3) is 0 Å². The van der Waals surface area contributed by atoms with Gasteiger partial charge < -0.3 is 10.8 Å². The van der Waals surface area contributed by atoms with Crippen LogP contribution in [0, 0.1) is 34.5 Å². The molecule has 123 valence electrons. The van der Waals surface area contributed by atoms with Gasteiger partial charge in [-0.15, -0.1) is 0 Å². The van der Waals surface area contributed by atoms with E-state index in [0.29, 0.717) is 11.8 Å². The van der Waals surface area contributed by atoms with Crippen molar-refractivity contribution in [1.82, 2.24) is 5.73 Å². The minimum absolute atomic E-state index is 0.0872. The molecule has 4 aliphatic carbocycles. The Kier molecular flexibility index (Phi) is 3.16. The summed E-state index contributed by atoms with van der Waals surface area (Å²) in [5.41, 5.74) is 13.8. The van der Waals surface area contributed by atoms with Gasteiger partial charge in [-0.1, -0.05) is 26.0 Å². The average Bonchev–Trinajstić information content (AvgIpc) is 2.76. The van der Waals surface area contributed by atoms with E-state index in [0.717, 1.165) is 24.7 Å². The van der Waals surface area contributed by atoms with E-state index in [2.05, 4.69) is 19.9 Å². The molecular formula is C19H31N2O. The van der Waals surface area contributed by atoms with Crippen LogP contribution in [0.25, 0.3) is 0 Å². The van der Waals surface area contributed by atoms with Crippen LogP contribution >= 0.6 is 0 Å². The Bertz CT molecular complexity index is 502. The van der Waals surface area contributed by atoms with E-state index in [-0.39, 0.29) is 16.9 Å². The molecule has 0 heterocycles. The summed E-state index contributed by atoms with van der Waals surface area (Å²) in [5, 5.41) is 10.5. The molecule has 3 unspecified atom stereocenters. The molecule has 4 N–H and O–H groups in total. The third kappa shape index (κ3) is 1.91. The molecule has 3 heteroatoms. The second kappa shape index (κ2) is 4.58. The van der Waals surface area contributed by atoms with Crippen molar-refractivity contribution >= 4 is 0 Å². The summed E-state index contributed by atoms with van der Waals surface area (Å²) in [7, 11) is 0. The number of nitrogens with two attached hydrogens (primary N) is 1. The van der Waals surface area contributed by atoms with Crippen molar-refractivity contribution < 1.29 is 5.11 Å². The zero-order valence-electron chi connectivity index (χ0n) is 14.0. The fourth-order valence-corrected chi connectivity index (χ4v) is 6.83. The highest BCUT2D eigenvalue weighted by molar-refractivity contribution is 5.20. The van der Waals surface area contributed by atoms with Gasteiger partial charge >= 0.3 is 0 Å². The van der Waals surface area contributed by atoms with Crippen molar-refractivity contribution in [2.75, 3.05) is 0 Å². The van der Waals surface area contributed by atoms with Gasteiger partial charge in [-0.2, -0.15) is 0 Å². The van der Waals surface area contributed by atoms with Crippen molar-refractivity contribution in [3.63, 3.8) is 0 Å². The van der Waals surface area contributed by atoms with Crippen LogP contribution in [0.5, 0.6) is 0 Å². The quantitative estimate of drug-likeness (QED) is 0.675. The SMILES string of the molecule is C[C@]12CCC3C(CC[C@@H]4C[C@@]([NH])(N)C=C[C@]34C)C1CC[C@@H]2O. The lowest BCUT2D eigenvalue weighted by Gasteiger charge is -2.59. The van der Waals surface area contributed by atoms with Crippen molar-refractivity contribution in [3.8, 4) is 0 Å². The van der Waals surface area contributed by atoms with Crippen molar-refractivity contribution in [2.45, 2.75) is 70.6 Å². The second-order valence-electron chi connectivity index (χ2n) is 9.23. The van der Waals surface area contributed by atoms with Crippen molar-refractivity contribution in [3.05, 3.63) is 12.2 Å². The molecule has 4 aliphatic rings. The highest BCUT2D eigenvalue weighted by atomic mass is 16.3. The number of hydrogen-bond donors (Lipinski definition) is 2. The minimum atomic E-state index is -0.857. The third-order valence-corrected chi connectivity index (χ3v) is 8.24. The fourth-order valence-electron chi connectivity index (χ4n) is 6.83. The summed E-state index contributed by atoms with van der Waals surface area (Å²) in [6, 6.07) is 0. The van der Waals surface area contributed by atoms with Gasteiger partial charge in [0.1, 0.15) is 0 Å². The Morgan fingerprint density at radius 2 is 1.82 bits per heavy atom. The highest BCUT2D eigenvalue weighted by Gasteiger charge is 2.59.